The Morgan fingerprint density at radius 2 is 1.86 bits per heavy atom. The number of alkyl halides is 2. The highest BCUT2D eigenvalue weighted by Crippen LogP contribution is 2.44. The molecule has 1 aromatic heterocycles. The van der Waals surface area contributed by atoms with Crippen molar-refractivity contribution >= 4 is 27.5 Å². The van der Waals surface area contributed by atoms with Crippen molar-refractivity contribution in [1.82, 2.24) is 9.97 Å². The highest BCUT2D eigenvalue weighted by atomic mass is 32.2. The molecule has 3 aliphatic rings. The third-order valence-electron chi connectivity index (χ3n) is 7.20. The van der Waals surface area contributed by atoms with E-state index in [9.17, 15) is 21.6 Å². The summed E-state index contributed by atoms with van der Waals surface area (Å²) in [4.78, 5) is 10.8. The summed E-state index contributed by atoms with van der Waals surface area (Å²) in [5.74, 6) is 0.296. The van der Waals surface area contributed by atoms with Crippen molar-refractivity contribution in [3.05, 3.63) is 52.6 Å². The van der Waals surface area contributed by atoms with Crippen molar-refractivity contribution in [3.63, 3.8) is 0 Å². The number of benzene rings is 1. The second kappa shape index (κ2) is 9.33. The number of rotatable bonds is 7. The van der Waals surface area contributed by atoms with Crippen LogP contribution >= 0.6 is 0 Å². The number of anilines is 2. The van der Waals surface area contributed by atoms with Crippen LogP contribution in [0.3, 0.4) is 0 Å². The Hall–Kier alpha value is -2.66. The van der Waals surface area contributed by atoms with Crippen LogP contribution in [-0.2, 0) is 14.6 Å². The van der Waals surface area contributed by atoms with Gasteiger partial charge in [0.25, 0.3) is 6.43 Å². The average Bonchev–Trinajstić information content (AvgIpc) is 3.65. The zero-order valence-electron chi connectivity index (χ0n) is 20.2. The summed E-state index contributed by atoms with van der Waals surface area (Å²) in [6, 6.07) is 3.32. The van der Waals surface area contributed by atoms with Crippen molar-refractivity contribution < 1.29 is 26.3 Å². The van der Waals surface area contributed by atoms with Gasteiger partial charge in [0.1, 0.15) is 23.8 Å². The molecule has 194 valence electrons. The van der Waals surface area contributed by atoms with Crippen LogP contribution in [0.4, 0.5) is 24.8 Å². The number of ether oxygens (including phenoxy) is 1. The summed E-state index contributed by atoms with van der Waals surface area (Å²) >= 11 is 0. The molecule has 1 saturated heterocycles. The van der Waals surface area contributed by atoms with Crippen LogP contribution in [0.15, 0.2) is 30.1 Å². The number of hydrogen-bond donors (Lipinski definition) is 1. The summed E-state index contributed by atoms with van der Waals surface area (Å²) in [6.45, 7) is 2.21. The quantitative estimate of drug-likeness (QED) is 0.565. The molecular formula is C25H29F3N4O3S. The molecule has 1 aromatic carbocycles. The Morgan fingerprint density at radius 1 is 1.17 bits per heavy atom. The van der Waals surface area contributed by atoms with Gasteiger partial charge in [0.05, 0.1) is 40.4 Å². The van der Waals surface area contributed by atoms with E-state index in [-0.39, 0.29) is 23.2 Å². The molecule has 1 atom stereocenters. The molecule has 2 aliphatic heterocycles. The molecule has 36 heavy (non-hydrogen) atoms. The Morgan fingerprint density at radius 3 is 2.53 bits per heavy atom. The molecule has 0 amide bonds. The second-order valence-electron chi connectivity index (χ2n) is 9.87. The molecule has 0 radical (unpaired) electrons. The fraction of sp³-hybridized carbons (Fsp3) is 0.520. The third kappa shape index (κ3) is 4.82. The number of nitrogens with one attached hydrogen (secondary N) is 1. The Kier molecular flexibility index (Phi) is 6.48. The molecule has 2 aromatic rings. The molecule has 0 bridgehead atoms. The summed E-state index contributed by atoms with van der Waals surface area (Å²) in [7, 11) is -1.21. The van der Waals surface area contributed by atoms with Crippen LogP contribution in [-0.4, -0.2) is 55.2 Å². The van der Waals surface area contributed by atoms with Gasteiger partial charge in [-0.3, -0.25) is 0 Å². The van der Waals surface area contributed by atoms with Crippen LogP contribution in [0.1, 0.15) is 61.8 Å². The lowest BCUT2D eigenvalue weighted by Crippen LogP contribution is -2.47. The number of aromatic nitrogens is 2. The molecule has 1 saturated carbocycles. The first-order valence-corrected chi connectivity index (χ1v) is 13.9. The van der Waals surface area contributed by atoms with Gasteiger partial charge < -0.3 is 15.0 Å². The van der Waals surface area contributed by atoms with Crippen molar-refractivity contribution in [1.29, 1.82) is 0 Å². The van der Waals surface area contributed by atoms with E-state index >= 15 is 0 Å². The Labute approximate surface area is 208 Å². The fourth-order valence-corrected chi connectivity index (χ4v) is 6.49. The Balaban J connectivity index is 1.50. The highest BCUT2D eigenvalue weighted by molar-refractivity contribution is 7.91. The summed E-state index contributed by atoms with van der Waals surface area (Å²) in [6.07, 6.45) is 3.28. The van der Waals surface area contributed by atoms with E-state index in [1.807, 2.05) is 18.0 Å². The van der Waals surface area contributed by atoms with E-state index in [2.05, 4.69) is 15.3 Å². The number of sulfone groups is 1. The largest absolute Gasteiger partial charge is 0.367 e. The minimum atomic E-state index is -3.10. The number of nitrogens with zero attached hydrogens (tertiary/aromatic N) is 3. The maximum Gasteiger partial charge on any atom is 0.266 e. The van der Waals surface area contributed by atoms with E-state index in [0.717, 1.165) is 24.5 Å². The molecule has 5 rings (SSSR count). The van der Waals surface area contributed by atoms with Gasteiger partial charge in [-0.2, -0.15) is 0 Å². The Bertz CT molecular complexity index is 1280. The van der Waals surface area contributed by atoms with Crippen molar-refractivity contribution in [2.45, 2.75) is 56.8 Å². The van der Waals surface area contributed by atoms with Gasteiger partial charge in [0, 0.05) is 19.2 Å². The normalized spacial score (nSPS) is 21.6. The molecule has 0 spiro atoms. The number of halogens is 3. The first-order chi connectivity index (χ1) is 17.1. The van der Waals surface area contributed by atoms with Gasteiger partial charge in [-0.15, -0.1) is 0 Å². The van der Waals surface area contributed by atoms with E-state index in [0.29, 0.717) is 36.6 Å². The summed E-state index contributed by atoms with van der Waals surface area (Å²) in [5.41, 5.74) is 0.412. The van der Waals surface area contributed by atoms with Crippen LogP contribution in [0.25, 0.3) is 6.08 Å². The van der Waals surface area contributed by atoms with Crippen LogP contribution < -0.4 is 10.2 Å². The predicted octanol–water partition coefficient (Wildman–Crippen LogP) is 4.69. The third-order valence-corrected chi connectivity index (χ3v) is 8.85. The van der Waals surface area contributed by atoms with E-state index < -0.39 is 39.3 Å². The van der Waals surface area contributed by atoms with Crippen LogP contribution in [0, 0.1) is 5.82 Å². The molecule has 3 heterocycles. The molecular weight excluding hydrogens is 493 g/mol. The molecule has 11 heteroatoms. The smallest absolute Gasteiger partial charge is 0.266 e. The standard InChI is InChI=1S/C25H29F3N4O3S/c1-15(18-4-3-5-19(21(18)26)22(27)28)31-23-20-12-16(13-32(2)24(20)30-14-29-23)25(35-17-6-7-17)8-10-36(33,34)11-9-25/h3-5,12,14-15,17,22H,6-11,13H2,1-2H3,(H,29,30,31)/t15-/m1/s1. The predicted molar refractivity (Wildman–Crippen MR) is 131 cm³/mol. The lowest BCUT2D eigenvalue weighted by molar-refractivity contribution is -0.0359. The van der Waals surface area contributed by atoms with Gasteiger partial charge in [-0.05, 0) is 44.3 Å². The monoisotopic (exact) mass is 522 g/mol. The van der Waals surface area contributed by atoms with E-state index in [4.69, 9.17) is 4.74 Å². The van der Waals surface area contributed by atoms with Gasteiger partial charge >= 0.3 is 0 Å². The van der Waals surface area contributed by atoms with Crippen molar-refractivity contribution in [2.75, 3.05) is 35.3 Å². The van der Waals surface area contributed by atoms with Gasteiger partial charge in [-0.25, -0.2) is 31.6 Å². The lowest BCUT2D eigenvalue weighted by Gasteiger charge is -2.42. The van der Waals surface area contributed by atoms with E-state index in [1.165, 1.54) is 18.5 Å². The van der Waals surface area contributed by atoms with Gasteiger partial charge in [0.2, 0.25) is 0 Å². The maximum absolute atomic E-state index is 14.8. The molecule has 0 unspecified atom stereocenters. The van der Waals surface area contributed by atoms with E-state index in [1.54, 1.807) is 6.92 Å². The maximum atomic E-state index is 14.8. The van der Waals surface area contributed by atoms with Crippen LogP contribution in [0.5, 0.6) is 0 Å². The van der Waals surface area contributed by atoms with Crippen molar-refractivity contribution in [3.8, 4) is 0 Å². The minimum Gasteiger partial charge on any atom is -0.367 e. The SMILES string of the molecule is C[C@@H](Nc1ncnc2c1C=C(C1(OC3CC3)CCS(=O)(=O)CC1)CN2C)c1cccc(C(F)F)c1F. The molecule has 2 fully saturated rings. The first-order valence-electron chi connectivity index (χ1n) is 12.1. The van der Waals surface area contributed by atoms with Crippen molar-refractivity contribution in [2.24, 2.45) is 0 Å². The fourth-order valence-electron chi connectivity index (χ4n) is 5.01. The molecule has 1 aliphatic carbocycles. The summed E-state index contributed by atoms with van der Waals surface area (Å²) < 4.78 is 72.1. The second-order valence-corrected chi connectivity index (χ2v) is 12.2. The average molecular weight is 523 g/mol. The number of likely N-dealkylation sites (N-methyl/N-ethyl adjacent to an activating group) is 1. The van der Waals surface area contributed by atoms with Gasteiger partial charge in [0.15, 0.2) is 9.84 Å². The number of hydrogen-bond acceptors (Lipinski definition) is 7. The minimum absolute atomic E-state index is 0.0703. The first kappa shape index (κ1) is 25.0. The molecule has 7 nitrogen and oxygen atoms in total. The zero-order valence-corrected chi connectivity index (χ0v) is 21.0. The summed E-state index contributed by atoms with van der Waals surface area (Å²) in [5, 5.41) is 3.17. The lowest BCUT2D eigenvalue weighted by atomic mass is 9.84. The topological polar surface area (TPSA) is 84.4 Å². The number of fused-ring (bicyclic) bond motifs is 1. The zero-order chi connectivity index (χ0) is 25.7. The van der Waals surface area contributed by atoms with Crippen LogP contribution in [0.2, 0.25) is 0 Å². The molecule has 1 N–H and O–H groups in total. The highest BCUT2D eigenvalue weighted by Gasteiger charge is 2.46. The van der Waals surface area contributed by atoms with Gasteiger partial charge in [-0.1, -0.05) is 18.2 Å².